The van der Waals surface area contributed by atoms with Crippen LogP contribution in [0.5, 0.6) is 0 Å². The van der Waals surface area contributed by atoms with Crippen molar-refractivity contribution in [3.8, 4) is 0 Å². The molecule has 2 aromatic carbocycles. The van der Waals surface area contributed by atoms with Crippen molar-refractivity contribution in [1.82, 2.24) is 9.88 Å². The number of hydrogen-bond donors (Lipinski definition) is 3. The Morgan fingerprint density at radius 3 is 2.65 bits per heavy atom. The van der Waals surface area contributed by atoms with E-state index >= 15 is 0 Å². The number of halogens is 2. The van der Waals surface area contributed by atoms with Gasteiger partial charge in [-0.2, -0.15) is 0 Å². The molecule has 0 aliphatic carbocycles. The summed E-state index contributed by atoms with van der Waals surface area (Å²) in [7, 11) is 0. The normalized spacial score (nSPS) is 14.5. The third-order valence-electron chi connectivity index (χ3n) is 5.08. The quantitative estimate of drug-likeness (QED) is 0.562. The van der Waals surface area contributed by atoms with Crippen molar-refractivity contribution in [3.63, 3.8) is 0 Å². The summed E-state index contributed by atoms with van der Waals surface area (Å²) < 4.78 is 32.8. The van der Waals surface area contributed by atoms with E-state index in [1.165, 1.54) is 36.4 Å². The Morgan fingerprint density at radius 1 is 1.03 bits per heavy atom. The predicted molar refractivity (Wildman–Crippen MR) is 113 cm³/mol. The molecule has 0 unspecified atom stereocenters. The monoisotopic (exact) mass is 428 g/mol. The Hall–Kier alpha value is -3.30. The molecule has 1 aliphatic heterocycles. The van der Waals surface area contributed by atoms with Gasteiger partial charge in [0.15, 0.2) is 0 Å². The zero-order valence-corrected chi connectivity index (χ0v) is 16.7. The summed E-state index contributed by atoms with van der Waals surface area (Å²) in [5.74, 6) is -1.77. The molecule has 4 rings (SSSR count). The van der Waals surface area contributed by atoms with Gasteiger partial charge in [0.05, 0.1) is 18.9 Å². The van der Waals surface area contributed by atoms with E-state index in [0.29, 0.717) is 36.3 Å². The van der Waals surface area contributed by atoms with Crippen LogP contribution in [0.4, 0.5) is 20.2 Å². The molecule has 3 N–H and O–H groups in total. The number of hydrogen-bond acceptors (Lipinski definition) is 4. The summed E-state index contributed by atoms with van der Waals surface area (Å²) >= 11 is 0. The molecule has 1 fully saturated rings. The first kappa shape index (κ1) is 21.0. The molecule has 2 amide bonds. The van der Waals surface area contributed by atoms with Crippen LogP contribution >= 0.6 is 0 Å². The SMILES string of the molecule is O=C(CCN1CCOCC1)Nc1cc(NC(=O)c2cc3cc(F)ccc3[nH]2)ccc1F. The molecule has 9 heteroatoms. The molecular weight excluding hydrogens is 406 g/mol. The Morgan fingerprint density at radius 2 is 1.84 bits per heavy atom. The van der Waals surface area contributed by atoms with Gasteiger partial charge in [0.2, 0.25) is 5.91 Å². The second-order valence-corrected chi connectivity index (χ2v) is 7.32. The van der Waals surface area contributed by atoms with Crippen LogP contribution in [0, 0.1) is 11.6 Å². The third-order valence-corrected chi connectivity index (χ3v) is 5.08. The van der Waals surface area contributed by atoms with Gasteiger partial charge in [-0.1, -0.05) is 0 Å². The maximum absolute atomic E-state index is 14.2. The van der Waals surface area contributed by atoms with E-state index in [9.17, 15) is 18.4 Å². The van der Waals surface area contributed by atoms with Gasteiger partial charge in [-0.3, -0.25) is 14.5 Å². The molecule has 0 radical (unpaired) electrons. The van der Waals surface area contributed by atoms with Crippen molar-refractivity contribution in [2.45, 2.75) is 6.42 Å². The highest BCUT2D eigenvalue weighted by Crippen LogP contribution is 2.22. The Bertz CT molecular complexity index is 1110. The van der Waals surface area contributed by atoms with E-state index in [1.807, 2.05) is 0 Å². The van der Waals surface area contributed by atoms with Crippen LogP contribution in [-0.2, 0) is 9.53 Å². The van der Waals surface area contributed by atoms with Crippen LogP contribution in [-0.4, -0.2) is 54.5 Å². The lowest BCUT2D eigenvalue weighted by Gasteiger charge is -2.26. The Kier molecular flexibility index (Phi) is 6.24. The van der Waals surface area contributed by atoms with Crippen LogP contribution in [0.15, 0.2) is 42.5 Å². The lowest BCUT2D eigenvalue weighted by molar-refractivity contribution is -0.116. The number of H-pyrrole nitrogens is 1. The Balaban J connectivity index is 1.39. The largest absolute Gasteiger partial charge is 0.379 e. The first-order chi connectivity index (χ1) is 15.0. The highest BCUT2D eigenvalue weighted by atomic mass is 19.1. The van der Waals surface area contributed by atoms with Gasteiger partial charge in [-0.05, 0) is 42.5 Å². The van der Waals surface area contributed by atoms with E-state index in [2.05, 4.69) is 20.5 Å². The van der Waals surface area contributed by atoms with E-state index < -0.39 is 17.5 Å². The van der Waals surface area contributed by atoms with Gasteiger partial charge >= 0.3 is 0 Å². The standard InChI is InChI=1S/C22H22F2N4O3/c23-15-1-4-18-14(11-15)12-20(26-18)22(30)25-16-2-3-17(24)19(13-16)27-21(29)5-6-28-7-9-31-10-8-28/h1-4,11-13,26H,5-10H2,(H,25,30)(H,27,29). The van der Waals surface area contributed by atoms with Crippen LogP contribution in [0.3, 0.4) is 0 Å². The molecule has 7 nitrogen and oxygen atoms in total. The van der Waals surface area contributed by atoms with Crippen molar-refractivity contribution < 1.29 is 23.1 Å². The van der Waals surface area contributed by atoms with Crippen molar-refractivity contribution in [2.75, 3.05) is 43.5 Å². The average molecular weight is 428 g/mol. The van der Waals surface area contributed by atoms with E-state index in [1.54, 1.807) is 6.07 Å². The van der Waals surface area contributed by atoms with Crippen LogP contribution in [0.1, 0.15) is 16.9 Å². The second kappa shape index (κ2) is 9.23. The Labute approximate surface area is 177 Å². The number of benzene rings is 2. The summed E-state index contributed by atoms with van der Waals surface area (Å²) in [6, 6.07) is 9.64. The van der Waals surface area contributed by atoms with Gasteiger partial charge in [-0.25, -0.2) is 8.78 Å². The summed E-state index contributed by atoms with van der Waals surface area (Å²) in [6.45, 7) is 3.38. The van der Waals surface area contributed by atoms with Crippen molar-refractivity contribution in [1.29, 1.82) is 0 Å². The van der Waals surface area contributed by atoms with E-state index in [-0.39, 0.29) is 23.7 Å². The molecule has 1 saturated heterocycles. The lowest BCUT2D eigenvalue weighted by atomic mass is 10.2. The molecule has 3 aromatic rings. The fourth-order valence-corrected chi connectivity index (χ4v) is 3.42. The number of anilines is 2. The number of carbonyl (C=O) groups is 2. The number of ether oxygens (including phenoxy) is 1. The maximum Gasteiger partial charge on any atom is 0.272 e. The van der Waals surface area contributed by atoms with Crippen molar-refractivity contribution in [2.24, 2.45) is 0 Å². The zero-order chi connectivity index (χ0) is 21.8. The summed E-state index contributed by atoms with van der Waals surface area (Å²) in [4.78, 5) is 29.8. The fourth-order valence-electron chi connectivity index (χ4n) is 3.42. The van der Waals surface area contributed by atoms with Crippen molar-refractivity contribution >= 4 is 34.1 Å². The second-order valence-electron chi connectivity index (χ2n) is 7.32. The molecule has 1 aliphatic rings. The molecule has 0 atom stereocenters. The minimum absolute atomic E-state index is 0.0107. The molecular formula is C22H22F2N4O3. The number of aromatic amines is 1. The van der Waals surface area contributed by atoms with Gasteiger partial charge in [-0.15, -0.1) is 0 Å². The molecule has 0 saturated carbocycles. The highest BCUT2D eigenvalue weighted by molar-refractivity contribution is 6.06. The van der Waals surface area contributed by atoms with Gasteiger partial charge in [0.1, 0.15) is 17.3 Å². The summed E-state index contributed by atoms with van der Waals surface area (Å²) in [6.07, 6.45) is 0.224. The van der Waals surface area contributed by atoms with Gasteiger partial charge < -0.3 is 20.4 Å². The van der Waals surface area contributed by atoms with Crippen LogP contribution < -0.4 is 10.6 Å². The summed E-state index contributed by atoms with van der Waals surface area (Å²) in [5, 5.41) is 5.78. The number of fused-ring (bicyclic) bond motifs is 1. The minimum atomic E-state index is -0.598. The zero-order valence-electron chi connectivity index (χ0n) is 16.7. The average Bonchev–Trinajstić information content (AvgIpc) is 3.19. The highest BCUT2D eigenvalue weighted by Gasteiger charge is 2.15. The van der Waals surface area contributed by atoms with E-state index in [4.69, 9.17) is 4.74 Å². The molecule has 31 heavy (non-hydrogen) atoms. The number of nitrogens with zero attached hydrogens (tertiary/aromatic N) is 1. The molecule has 0 spiro atoms. The first-order valence-corrected chi connectivity index (χ1v) is 9.97. The third kappa shape index (κ3) is 5.25. The molecule has 2 heterocycles. The number of amides is 2. The number of carbonyl (C=O) groups excluding carboxylic acids is 2. The minimum Gasteiger partial charge on any atom is -0.379 e. The molecule has 162 valence electrons. The fraction of sp³-hybridized carbons (Fsp3) is 0.273. The number of nitrogens with one attached hydrogen (secondary N) is 3. The number of morpholine rings is 1. The van der Waals surface area contributed by atoms with Gasteiger partial charge in [0, 0.05) is 42.6 Å². The topological polar surface area (TPSA) is 86.5 Å². The van der Waals surface area contributed by atoms with Crippen LogP contribution in [0.2, 0.25) is 0 Å². The molecule has 1 aromatic heterocycles. The molecule has 0 bridgehead atoms. The maximum atomic E-state index is 14.2. The first-order valence-electron chi connectivity index (χ1n) is 9.97. The van der Waals surface area contributed by atoms with Crippen molar-refractivity contribution in [3.05, 3.63) is 59.8 Å². The smallest absolute Gasteiger partial charge is 0.272 e. The number of rotatable bonds is 6. The lowest BCUT2D eigenvalue weighted by Crippen LogP contribution is -2.38. The summed E-state index contributed by atoms with van der Waals surface area (Å²) in [5.41, 5.74) is 1.17. The van der Waals surface area contributed by atoms with E-state index in [0.717, 1.165) is 13.1 Å². The number of aromatic nitrogens is 1. The predicted octanol–water partition coefficient (Wildman–Crippen LogP) is 3.36. The van der Waals surface area contributed by atoms with Crippen LogP contribution in [0.25, 0.3) is 10.9 Å². The van der Waals surface area contributed by atoms with Gasteiger partial charge in [0.25, 0.3) is 5.91 Å².